The van der Waals surface area contributed by atoms with E-state index < -0.39 is 0 Å². The first-order valence-corrected chi connectivity index (χ1v) is 12.1. The van der Waals surface area contributed by atoms with Crippen molar-refractivity contribution in [3.63, 3.8) is 0 Å². The Morgan fingerprint density at radius 2 is 1.50 bits per heavy atom. The highest BCUT2D eigenvalue weighted by Gasteiger charge is 2.51. The van der Waals surface area contributed by atoms with Gasteiger partial charge in [0.15, 0.2) is 6.61 Å². The highest BCUT2D eigenvalue weighted by atomic mass is 16.5. The van der Waals surface area contributed by atoms with Crippen molar-refractivity contribution in [3.05, 3.63) is 30.3 Å². The fourth-order valence-electron chi connectivity index (χ4n) is 7.56. The number of anilines is 1. The van der Waals surface area contributed by atoms with Crippen LogP contribution in [0.1, 0.15) is 77.0 Å². The molecule has 4 bridgehead atoms. The molecule has 0 radical (unpaired) electrons. The summed E-state index contributed by atoms with van der Waals surface area (Å²) in [6, 6.07) is 10.1. The van der Waals surface area contributed by atoms with Gasteiger partial charge in [0.2, 0.25) is 0 Å². The van der Waals surface area contributed by atoms with Crippen LogP contribution in [0.25, 0.3) is 0 Å². The minimum Gasteiger partial charge on any atom is -0.456 e. The van der Waals surface area contributed by atoms with E-state index in [0.29, 0.717) is 6.42 Å². The first kappa shape index (κ1) is 20.1. The number of rotatable bonds is 6. The van der Waals surface area contributed by atoms with Gasteiger partial charge in [0, 0.05) is 11.7 Å². The van der Waals surface area contributed by atoms with Crippen LogP contribution in [-0.4, -0.2) is 24.5 Å². The smallest absolute Gasteiger partial charge is 0.306 e. The van der Waals surface area contributed by atoms with E-state index >= 15 is 0 Å². The Morgan fingerprint density at radius 1 is 0.900 bits per heavy atom. The fraction of sp³-hybridized carbons (Fsp3) is 0.692. The molecule has 5 aliphatic carbocycles. The topological polar surface area (TPSA) is 46.6 Å². The normalized spacial score (nSPS) is 32.7. The van der Waals surface area contributed by atoms with Gasteiger partial charge in [-0.3, -0.25) is 9.59 Å². The molecule has 1 aromatic carbocycles. The van der Waals surface area contributed by atoms with Crippen LogP contribution in [0.2, 0.25) is 0 Å². The van der Waals surface area contributed by atoms with Gasteiger partial charge in [0.05, 0.1) is 6.42 Å². The Hall–Kier alpha value is -1.84. The van der Waals surface area contributed by atoms with E-state index in [1.807, 2.05) is 35.2 Å². The highest BCUT2D eigenvalue weighted by Crippen LogP contribution is 2.61. The van der Waals surface area contributed by atoms with Crippen LogP contribution in [0.15, 0.2) is 30.3 Å². The second-order valence-electron chi connectivity index (χ2n) is 10.6. The van der Waals surface area contributed by atoms with Gasteiger partial charge in [0.25, 0.3) is 5.91 Å². The van der Waals surface area contributed by atoms with Gasteiger partial charge < -0.3 is 9.64 Å². The van der Waals surface area contributed by atoms with Crippen molar-refractivity contribution < 1.29 is 14.3 Å². The quantitative estimate of drug-likeness (QED) is 0.583. The molecular formula is C26H35NO3. The van der Waals surface area contributed by atoms with Crippen LogP contribution in [0, 0.1) is 23.2 Å². The van der Waals surface area contributed by atoms with E-state index in [2.05, 4.69) is 0 Å². The Kier molecular flexibility index (Phi) is 5.59. The molecule has 0 saturated heterocycles. The van der Waals surface area contributed by atoms with E-state index in [1.54, 1.807) is 0 Å². The van der Waals surface area contributed by atoms with Gasteiger partial charge >= 0.3 is 5.97 Å². The third-order valence-electron chi connectivity index (χ3n) is 8.28. The summed E-state index contributed by atoms with van der Waals surface area (Å²) in [4.78, 5) is 27.8. The Balaban J connectivity index is 1.21. The number of hydrogen-bond donors (Lipinski definition) is 0. The van der Waals surface area contributed by atoms with Crippen molar-refractivity contribution in [2.75, 3.05) is 11.5 Å². The zero-order chi connectivity index (χ0) is 20.6. The molecule has 5 fully saturated rings. The molecule has 0 N–H and O–H groups in total. The molecule has 4 nitrogen and oxygen atoms in total. The third-order valence-corrected chi connectivity index (χ3v) is 8.28. The first-order valence-electron chi connectivity index (χ1n) is 12.1. The summed E-state index contributed by atoms with van der Waals surface area (Å²) in [5.74, 6) is 2.23. The second kappa shape index (κ2) is 8.36. The number of benzene rings is 1. The van der Waals surface area contributed by atoms with Crippen LogP contribution in [0.4, 0.5) is 5.69 Å². The zero-order valence-corrected chi connectivity index (χ0v) is 18.1. The van der Waals surface area contributed by atoms with E-state index in [-0.39, 0.29) is 29.9 Å². The maximum atomic E-state index is 13.2. The first-order chi connectivity index (χ1) is 14.6. The van der Waals surface area contributed by atoms with Crippen LogP contribution in [0.3, 0.4) is 0 Å². The lowest BCUT2D eigenvalue weighted by atomic mass is 9.49. The number of nitrogens with zero attached hydrogens (tertiary/aromatic N) is 1. The van der Waals surface area contributed by atoms with E-state index in [1.165, 1.54) is 44.9 Å². The summed E-state index contributed by atoms with van der Waals surface area (Å²) in [6.07, 6.45) is 13.8. The molecule has 0 spiro atoms. The predicted octanol–water partition coefficient (Wildman–Crippen LogP) is 5.50. The van der Waals surface area contributed by atoms with E-state index in [4.69, 9.17) is 4.74 Å². The molecule has 1 aromatic rings. The number of carbonyl (C=O) groups is 2. The molecular weight excluding hydrogens is 374 g/mol. The molecule has 30 heavy (non-hydrogen) atoms. The number of esters is 1. The number of amides is 1. The molecule has 5 saturated carbocycles. The molecule has 4 heteroatoms. The molecule has 162 valence electrons. The Labute approximate surface area is 180 Å². The van der Waals surface area contributed by atoms with Crippen molar-refractivity contribution in [2.45, 2.75) is 83.1 Å². The van der Waals surface area contributed by atoms with Crippen LogP contribution >= 0.6 is 0 Å². The molecule has 0 heterocycles. The molecule has 0 aliphatic heterocycles. The molecule has 6 rings (SSSR count). The molecule has 0 aromatic heterocycles. The van der Waals surface area contributed by atoms with Gasteiger partial charge in [-0.25, -0.2) is 0 Å². The lowest BCUT2D eigenvalue weighted by Crippen LogP contribution is -2.47. The van der Waals surface area contributed by atoms with Crippen molar-refractivity contribution in [1.29, 1.82) is 0 Å². The molecule has 5 aliphatic rings. The average Bonchev–Trinajstić information content (AvgIpc) is 2.73. The summed E-state index contributed by atoms with van der Waals surface area (Å²) < 4.78 is 5.61. The van der Waals surface area contributed by atoms with Crippen LogP contribution < -0.4 is 4.90 Å². The number of ether oxygens (including phenoxy) is 1. The third kappa shape index (κ3) is 4.15. The summed E-state index contributed by atoms with van der Waals surface area (Å²) in [5, 5.41) is 0. The summed E-state index contributed by atoms with van der Waals surface area (Å²) in [5.41, 5.74) is 1.09. The second-order valence-corrected chi connectivity index (χ2v) is 10.6. The number of para-hydroxylation sites is 1. The lowest BCUT2D eigenvalue weighted by Gasteiger charge is -2.56. The minimum atomic E-state index is -0.165. The molecule has 0 atom stereocenters. The number of hydrogen-bond acceptors (Lipinski definition) is 3. The SMILES string of the molecule is O=C(CC12CC3CC(CC(C3)C1)C2)OCC(=O)N(c1ccccc1)C1CCCCC1. The summed E-state index contributed by atoms with van der Waals surface area (Å²) in [7, 11) is 0. The van der Waals surface area contributed by atoms with Crippen molar-refractivity contribution >= 4 is 17.6 Å². The Morgan fingerprint density at radius 3 is 2.10 bits per heavy atom. The van der Waals surface area contributed by atoms with Crippen LogP contribution in [0.5, 0.6) is 0 Å². The van der Waals surface area contributed by atoms with E-state index in [0.717, 1.165) is 49.1 Å². The van der Waals surface area contributed by atoms with Crippen molar-refractivity contribution in [3.8, 4) is 0 Å². The van der Waals surface area contributed by atoms with Crippen molar-refractivity contribution in [1.82, 2.24) is 0 Å². The number of carbonyl (C=O) groups excluding carboxylic acids is 2. The van der Waals surface area contributed by atoms with Gasteiger partial charge in [-0.15, -0.1) is 0 Å². The largest absolute Gasteiger partial charge is 0.456 e. The van der Waals surface area contributed by atoms with Crippen LogP contribution in [-0.2, 0) is 14.3 Å². The molecule has 1 amide bonds. The maximum absolute atomic E-state index is 13.2. The summed E-state index contributed by atoms with van der Waals surface area (Å²) >= 11 is 0. The molecule has 0 unspecified atom stereocenters. The monoisotopic (exact) mass is 409 g/mol. The zero-order valence-electron chi connectivity index (χ0n) is 18.1. The van der Waals surface area contributed by atoms with Gasteiger partial charge in [0.1, 0.15) is 0 Å². The summed E-state index contributed by atoms with van der Waals surface area (Å²) in [6.45, 7) is -0.128. The fourth-order valence-corrected chi connectivity index (χ4v) is 7.56. The van der Waals surface area contributed by atoms with Gasteiger partial charge in [-0.2, -0.15) is 0 Å². The van der Waals surface area contributed by atoms with E-state index in [9.17, 15) is 9.59 Å². The highest BCUT2D eigenvalue weighted by molar-refractivity contribution is 5.95. The average molecular weight is 410 g/mol. The van der Waals surface area contributed by atoms with Gasteiger partial charge in [-0.05, 0) is 86.7 Å². The minimum absolute atomic E-state index is 0.0769. The standard InChI is InChI=1S/C26H35NO3/c28-24(27(22-7-3-1-4-8-22)23-9-5-2-6-10-23)18-30-25(29)17-26-14-19-11-20(15-26)13-21(12-19)16-26/h1,3-4,7-8,19-21,23H,2,5-6,9-18H2. The predicted molar refractivity (Wildman–Crippen MR) is 117 cm³/mol. The van der Waals surface area contributed by atoms with Crippen molar-refractivity contribution in [2.24, 2.45) is 23.2 Å². The lowest BCUT2D eigenvalue weighted by molar-refractivity contribution is -0.155. The Bertz CT molecular complexity index is 732. The maximum Gasteiger partial charge on any atom is 0.306 e. The van der Waals surface area contributed by atoms with Gasteiger partial charge in [-0.1, -0.05) is 37.5 Å².